The molecule has 13 nitrogen and oxygen atoms in total. The first-order valence-corrected chi connectivity index (χ1v) is 19.3. The summed E-state index contributed by atoms with van der Waals surface area (Å²) in [6.45, 7) is 6.25. The Morgan fingerprint density at radius 1 is 1.08 bits per heavy atom. The zero-order valence-electron chi connectivity index (χ0n) is 27.7. The third-order valence-electron chi connectivity index (χ3n) is 9.84. The lowest BCUT2D eigenvalue weighted by molar-refractivity contribution is -0.385. The number of nitro groups is 1. The van der Waals surface area contributed by atoms with Crippen molar-refractivity contribution in [1.82, 2.24) is 4.90 Å². The van der Waals surface area contributed by atoms with Gasteiger partial charge in [0.2, 0.25) is 5.91 Å². The molecule has 0 aromatic heterocycles. The second-order valence-electron chi connectivity index (χ2n) is 13.4. The molecule has 49 heavy (non-hydrogen) atoms. The van der Waals surface area contributed by atoms with E-state index in [4.69, 9.17) is 9.47 Å². The summed E-state index contributed by atoms with van der Waals surface area (Å²) in [4.78, 5) is 68.3. The standard InChI is InChI=1S/C35H40N4O9Si/c1-23-32(49(2,3)46)30(20-31(41)36(15-17-40)21-24-7-5-4-6-8-24)48-35(23)28-19-27(39(44)45)13-14-29(28)38(33(35)42)22-25-9-11-26(12-10-25)37-16-18-47-34(37)43/h4-14,19,23,30,32,40,46H,15-18,20-22H2,1-3H3/t23-,30+,32-,35+/m0/s1. The number of ether oxygens (including phenoxy) is 2. The van der Waals surface area contributed by atoms with Gasteiger partial charge >= 0.3 is 6.09 Å². The second kappa shape index (κ2) is 13.3. The van der Waals surface area contributed by atoms with Crippen molar-refractivity contribution < 1.29 is 38.7 Å². The van der Waals surface area contributed by atoms with Gasteiger partial charge in [0.1, 0.15) is 6.61 Å². The van der Waals surface area contributed by atoms with Crippen molar-refractivity contribution >= 4 is 43.3 Å². The van der Waals surface area contributed by atoms with Crippen molar-refractivity contribution in [2.24, 2.45) is 5.92 Å². The van der Waals surface area contributed by atoms with Gasteiger partial charge in [-0.2, -0.15) is 0 Å². The Hall–Kier alpha value is -4.63. The van der Waals surface area contributed by atoms with Gasteiger partial charge in [0.25, 0.3) is 11.6 Å². The van der Waals surface area contributed by atoms with Crippen LogP contribution in [0, 0.1) is 16.0 Å². The summed E-state index contributed by atoms with van der Waals surface area (Å²) >= 11 is 0. The summed E-state index contributed by atoms with van der Waals surface area (Å²) in [5.74, 6) is -1.38. The van der Waals surface area contributed by atoms with E-state index < -0.39 is 48.4 Å². The zero-order chi connectivity index (χ0) is 35.1. The molecular weight excluding hydrogens is 648 g/mol. The van der Waals surface area contributed by atoms with E-state index in [1.54, 1.807) is 43.4 Å². The molecule has 3 aliphatic rings. The number of nitro benzene ring substituents is 1. The number of rotatable bonds is 11. The third-order valence-corrected chi connectivity index (χ3v) is 12.3. The molecule has 3 heterocycles. The molecule has 2 fully saturated rings. The minimum atomic E-state index is -3.14. The number of hydrogen-bond donors (Lipinski definition) is 2. The summed E-state index contributed by atoms with van der Waals surface area (Å²) in [5.41, 5.74) is 0.577. The molecule has 0 aliphatic carbocycles. The fourth-order valence-electron chi connectivity index (χ4n) is 7.65. The number of hydrogen-bond acceptors (Lipinski definition) is 9. The number of aliphatic hydroxyl groups is 1. The first kappa shape index (κ1) is 34.2. The van der Waals surface area contributed by atoms with Gasteiger partial charge in [-0.1, -0.05) is 49.4 Å². The first-order valence-electron chi connectivity index (χ1n) is 16.3. The SMILES string of the molecule is C[C@H]1[C@H]([Si](C)(C)O)[C@@H](CC(=O)N(CCO)Cc2ccccc2)O[C@]12C(=O)N(Cc1ccc(N3CCOC3=O)cc1)c1ccc([N+](=O)[O-])cc12. The number of fused-ring (bicyclic) bond motifs is 2. The maximum absolute atomic E-state index is 14.7. The van der Waals surface area contributed by atoms with Crippen LogP contribution in [0.1, 0.15) is 30.0 Å². The number of amides is 3. The van der Waals surface area contributed by atoms with Gasteiger partial charge in [-0.3, -0.25) is 24.6 Å². The Bertz CT molecular complexity index is 1750. The Kier molecular flexibility index (Phi) is 9.33. The first-order chi connectivity index (χ1) is 23.3. The molecule has 3 aromatic carbocycles. The van der Waals surface area contributed by atoms with Crippen LogP contribution in [0.5, 0.6) is 0 Å². The highest BCUT2D eigenvalue weighted by molar-refractivity contribution is 6.71. The number of carbonyl (C=O) groups excluding carboxylic acids is 3. The molecular formula is C35H40N4O9Si. The maximum atomic E-state index is 14.7. The molecule has 0 unspecified atom stereocenters. The van der Waals surface area contributed by atoms with Crippen LogP contribution >= 0.6 is 0 Å². The fraction of sp³-hybridized carbons (Fsp3) is 0.400. The van der Waals surface area contributed by atoms with Gasteiger partial charge in [-0.05, 0) is 42.4 Å². The minimum absolute atomic E-state index is 0.0885. The average Bonchev–Trinajstić information content (AvgIpc) is 3.70. The number of aliphatic hydroxyl groups excluding tert-OH is 1. The molecule has 6 rings (SSSR count). The average molecular weight is 689 g/mol. The number of cyclic esters (lactones) is 1. The lowest BCUT2D eigenvalue weighted by atomic mass is 9.82. The molecule has 0 radical (unpaired) electrons. The molecule has 3 aliphatic heterocycles. The third kappa shape index (κ3) is 6.32. The smallest absolute Gasteiger partial charge is 0.414 e. The lowest BCUT2D eigenvalue weighted by Crippen LogP contribution is -2.46. The number of anilines is 2. The molecule has 0 bridgehead atoms. The van der Waals surface area contributed by atoms with Crippen molar-refractivity contribution in [3.05, 3.63) is 99.6 Å². The van der Waals surface area contributed by atoms with E-state index in [0.717, 1.165) is 11.1 Å². The van der Waals surface area contributed by atoms with Gasteiger partial charge in [-0.25, -0.2) is 4.79 Å². The molecule has 4 atom stereocenters. The number of nitrogens with zero attached hydrogens (tertiary/aromatic N) is 4. The van der Waals surface area contributed by atoms with E-state index in [0.29, 0.717) is 30.1 Å². The van der Waals surface area contributed by atoms with E-state index >= 15 is 0 Å². The highest BCUT2D eigenvalue weighted by Gasteiger charge is 2.66. The molecule has 0 saturated carbocycles. The number of non-ortho nitro benzene ring substituents is 1. The Morgan fingerprint density at radius 2 is 1.80 bits per heavy atom. The minimum Gasteiger partial charge on any atom is -0.447 e. The van der Waals surface area contributed by atoms with E-state index in [-0.39, 0.29) is 44.3 Å². The zero-order valence-corrected chi connectivity index (χ0v) is 28.7. The number of carbonyl (C=O) groups is 3. The van der Waals surface area contributed by atoms with E-state index in [2.05, 4.69) is 0 Å². The predicted molar refractivity (Wildman–Crippen MR) is 182 cm³/mol. The molecule has 3 amide bonds. The Labute approximate surface area is 284 Å². The summed E-state index contributed by atoms with van der Waals surface area (Å²) in [5, 5.41) is 21.7. The van der Waals surface area contributed by atoms with Gasteiger partial charge in [-0.15, -0.1) is 0 Å². The molecule has 1 spiro atoms. The highest BCUT2D eigenvalue weighted by atomic mass is 28.4. The Morgan fingerprint density at radius 3 is 2.41 bits per heavy atom. The summed E-state index contributed by atoms with van der Waals surface area (Å²) in [6, 6.07) is 20.8. The van der Waals surface area contributed by atoms with Crippen molar-refractivity contribution in [1.29, 1.82) is 0 Å². The van der Waals surface area contributed by atoms with Crippen LogP contribution in [0.2, 0.25) is 18.6 Å². The quantitative estimate of drug-likeness (QED) is 0.170. The van der Waals surface area contributed by atoms with Gasteiger partial charge in [0, 0.05) is 47.9 Å². The van der Waals surface area contributed by atoms with E-state index in [9.17, 15) is 34.4 Å². The van der Waals surface area contributed by atoms with Crippen LogP contribution < -0.4 is 9.80 Å². The molecule has 2 saturated heterocycles. The molecule has 3 aromatic rings. The molecule has 14 heteroatoms. The van der Waals surface area contributed by atoms with Gasteiger partial charge in [0.15, 0.2) is 13.9 Å². The topological polar surface area (TPSA) is 163 Å². The normalized spacial score (nSPS) is 23.2. The number of benzene rings is 3. The van der Waals surface area contributed by atoms with Crippen LogP contribution in [0.3, 0.4) is 0 Å². The van der Waals surface area contributed by atoms with Crippen LogP contribution in [0.4, 0.5) is 21.9 Å². The predicted octanol–water partition coefficient (Wildman–Crippen LogP) is 4.31. The lowest BCUT2D eigenvalue weighted by Gasteiger charge is -2.32. The van der Waals surface area contributed by atoms with Gasteiger partial charge < -0.3 is 29.2 Å². The van der Waals surface area contributed by atoms with E-state index in [1.807, 2.05) is 37.3 Å². The molecule has 258 valence electrons. The largest absolute Gasteiger partial charge is 0.447 e. The summed E-state index contributed by atoms with van der Waals surface area (Å²) < 4.78 is 11.8. The summed E-state index contributed by atoms with van der Waals surface area (Å²) in [6.07, 6.45) is -1.45. The van der Waals surface area contributed by atoms with Crippen LogP contribution in [0.15, 0.2) is 72.8 Å². The van der Waals surface area contributed by atoms with Crippen molar-refractivity contribution in [2.45, 2.75) is 56.8 Å². The fourth-order valence-corrected chi connectivity index (χ4v) is 10.2. The Balaban J connectivity index is 1.34. The summed E-state index contributed by atoms with van der Waals surface area (Å²) in [7, 11) is -3.14. The molecule has 2 N–H and O–H groups in total. The van der Waals surface area contributed by atoms with Crippen molar-refractivity contribution in [3.63, 3.8) is 0 Å². The van der Waals surface area contributed by atoms with Crippen molar-refractivity contribution in [2.75, 3.05) is 36.1 Å². The second-order valence-corrected chi connectivity index (χ2v) is 17.3. The highest BCUT2D eigenvalue weighted by Crippen LogP contribution is 2.60. The maximum Gasteiger partial charge on any atom is 0.414 e. The van der Waals surface area contributed by atoms with Crippen molar-refractivity contribution in [3.8, 4) is 0 Å². The van der Waals surface area contributed by atoms with Crippen LogP contribution in [-0.4, -0.2) is 78.4 Å². The van der Waals surface area contributed by atoms with Crippen LogP contribution in [-0.2, 0) is 37.8 Å². The van der Waals surface area contributed by atoms with Gasteiger partial charge in [0.05, 0.1) is 42.8 Å². The van der Waals surface area contributed by atoms with Crippen LogP contribution in [0.25, 0.3) is 0 Å². The van der Waals surface area contributed by atoms with E-state index in [1.165, 1.54) is 26.8 Å². The monoisotopic (exact) mass is 688 g/mol.